The lowest BCUT2D eigenvalue weighted by molar-refractivity contribution is 0.415. The van der Waals surface area contributed by atoms with Gasteiger partial charge in [-0.25, -0.2) is 23.4 Å². The largest absolute Gasteiger partial charge is 0.496 e. The molecule has 3 rings (SSSR count). The molecule has 0 aliphatic heterocycles. The van der Waals surface area contributed by atoms with Crippen molar-refractivity contribution in [1.82, 2.24) is 19.9 Å². The minimum atomic E-state index is -3.83. The van der Waals surface area contributed by atoms with Gasteiger partial charge in [-0.3, -0.25) is 0 Å². The summed E-state index contributed by atoms with van der Waals surface area (Å²) in [6.07, 6.45) is 3.11. The van der Waals surface area contributed by atoms with Crippen LogP contribution in [0.3, 0.4) is 0 Å². The van der Waals surface area contributed by atoms with Crippen molar-refractivity contribution in [1.29, 1.82) is 0 Å². The van der Waals surface area contributed by atoms with Crippen molar-refractivity contribution < 1.29 is 13.2 Å². The zero-order chi connectivity index (χ0) is 15.0. The molecule has 0 aliphatic carbocycles. The SMILES string of the molecule is COc1cc(S(=O)(=O)Cl)ccc1-c1ncc2[nH]cnc2n1. The predicted molar refractivity (Wildman–Crippen MR) is 76.7 cm³/mol. The second-order valence-corrected chi connectivity index (χ2v) is 6.70. The predicted octanol–water partition coefficient (Wildman–Crippen LogP) is 1.96. The molecule has 2 heterocycles. The number of rotatable bonds is 3. The quantitative estimate of drug-likeness (QED) is 0.739. The summed E-state index contributed by atoms with van der Waals surface area (Å²) in [5.41, 5.74) is 1.76. The number of hydrogen-bond acceptors (Lipinski definition) is 6. The van der Waals surface area contributed by atoms with E-state index in [0.29, 0.717) is 28.3 Å². The average Bonchev–Trinajstić information content (AvgIpc) is 2.93. The van der Waals surface area contributed by atoms with E-state index in [2.05, 4.69) is 19.9 Å². The van der Waals surface area contributed by atoms with Gasteiger partial charge in [0.05, 0.1) is 30.1 Å². The molecule has 1 aromatic carbocycles. The molecule has 3 aromatic rings. The molecule has 0 aliphatic rings. The highest BCUT2D eigenvalue weighted by atomic mass is 35.7. The Labute approximate surface area is 124 Å². The molecule has 9 heteroatoms. The highest BCUT2D eigenvalue weighted by molar-refractivity contribution is 8.13. The minimum Gasteiger partial charge on any atom is -0.496 e. The van der Waals surface area contributed by atoms with Crippen LogP contribution in [0.15, 0.2) is 35.6 Å². The van der Waals surface area contributed by atoms with Crippen molar-refractivity contribution in [2.75, 3.05) is 7.11 Å². The van der Waals surface area contributed by atoms with E-state index in [1.165, 1.54) is 25.6 Å². The van der Waals surface area contributed by atoms with E-state index in [-0.39, 0.29) is 4.90 Å². The van der Waals surface area contributed by atoms with Crippen LogP contribution in [0.5, 0.6) is 5.75 Å². The molecule has 0 bridgehead atoms. The second-order valence-electron chi connectivity index (χ2n) is 4.13. The molecule has 108 valence electrons. The van der Waals surface area contributed by atoms with Gasteiger partial charge in [0, 0.05) is 16.7 Å². The maximum absolute atomic E-state index is 11.4. The van der Waals surface area contributed by atoms with E-state index in [4.69, 9.17) is 15.4 Å². The van der Waals surface area contributed by atoms with Gasteiger partial charge in [0.1, 0.15) is 11.3 Å². The number of aromatic nitrogens is 4. The number of imidazole rings is 1. The van der Waals surface area contributed by atoms with Crippen LogP contribution < -0.4 is 4.74 Å². The fourth-order valence-corrected chi connectivity index (χ4v) is 2.64. The topological polar surface area (TPSA) is 97.8 Å². The highest BCUT2D eigenvalue weighted by Gasteiger charge is 2.16. The molecular formula is C12H9ClN4O3S. The van der Waals surface area contributed by atoms with Gasteiger partial charge in [-0.15, -0.1) is 0 Å². The first-order valence-electron chi connectivity index (χ1n) is 5.78. The number of H-pyrrole nitrogens is 1. The zero-order valence-corrected chi connectivity index (χ0v) is 12.3. The lowest BCUT2D eigenvalue weighted by Gasteiger charge is -2.08. The lowest BCUT2D eigenvalue weighted by Crippen LogP contribution is -1.97. The molecule has 21 heavy (non-hydrogen) atoms. The van der Waals surface area contributed by atoms with Gasteiger partial charge in [0.15, 0.2) is 11.5 Å². The third kappa shape index (κ3) is 2.55. The third-order valence-electron chi connectivity index (χ3n) is 2.87. The summed E-state index contributed by atoms with van der Waals surface area (Å²) in [5.74, 6) is 0.691. The minimum absolute atomic E-state index is 0.0504. The van der Waals surface area contributed by atoms with E-state index in [9.17, 15) is 8.42 Å². The second kappa shape index (κ2) is 4.97. The zero-order valence-electron chi connectivity index (χ0n) is 10.7. The molecule has 0 atom stereocenters. The van der Waals surface area contributed by atoms with Gasteiger partial charge in [-0.2, -0.15) is 0 Å². The summed E-state index contributed by atoms with van der Waals surface area (Å²) >= 11 is 0. The fraction of sp³-hybridized carbons (Fsp3) is 0.0833. The van der Waals surface area contributed by atoms with E-state index < -0.39 is 9.05 Å². The van der Waals surface area contributed by atoms with Crippen molar-refractivity contribution in [3.8, 4) is 17.1 Å². The molecule has 7 nitrogen and oxygen atoms in total. The van der Waals surface area contributed by atoms with Crippen LogP contribution in [0.1, 0.15) is 0 Å². The summed E-state index contributed by atoms with van der Waals surface area (Å²) in [6, 6.07) is 4.25. The Bertz CT molecular complexity index is 923. The standard InChI is InChI=1S/C12H9ClN4O3S/c1-20-10-4-7(21(13,18)19)2-3-8(10)11-14-5-9-12(17-11)16-6-15-9/h2-6H,1H3,(H,14,15,16,17). The van der Waals surface area contributed by atoms with Crippen LogP contribution in [-0.2, 0) is 9.05 Å². The summed E-state index contributed by atoms with van der Waals surface area (Å²) in [5, 5.41) is 0. The number of halogens is 1. The molecule has 0 amide bonds. The van der Waals surface area contributed by atoms with Crippen LogP contribution in [0.2, 0.25) is 0 Å². The third-order valence-corrected chi connectivity index (χ3v) is 4.22. The number of fused-ring (bicyclic) bond motifs is 1. The van der Waals surface area contributed by atoms with Crippen LogP contribution in [0.4, 0.5) is 0 Å². The van der Waals surface area contributed by atoms with Crippen molar-refractivity contribution >= 4 is 30.9 Å². The first-order chi connectivity index (χ1) is 9.99. The first kappa shape index (κ1) is 13.8. The Morgan fingerprint density at radius 3 is 2.81 bits per heavy atom. The Morgan fingerprint density at radius 1 is 1.29 bits per heavy atom. The number of ether oxygens (including phenoxy) is 1. The van der Waals surface area contributed by atoms with E-state index in [0.717, 1.165) is 0 Å². The maximum Gasteiger partial charge on any atom is 0.261 e. The van der Waals surface area contributed by atoms with Crippen molar-refractivity contribution in [3.63, 3.8) is 0 Å². The van der Waals surface area contributed by atoms with Crippen molar-refractivity contribution in [2.24, 2.45) is 0 Å². The van der Waals surface area contributed by atoms with Crippen molar-refractivity contribution in [2.45, 2.75) is 4.90 Å². The molecule has 0 spiro atoms. The Hall–Kier alpha value is -2.19. The monoisotopic (exact) mass is 324 g/mol. The molecule has 0 saturated heterocycles. The normalized spacial score (nSPS) is 11.7. The highest BCUT2D eigenvalue weighted by Crippen LogP contribution is 2.31. The van der Waals surface area contributed by atoms with Gasteiger partial charge in [-0.05, 0) is 12.1 Å². The van der Waals surface area contributed by atoms with E-state index >= 15 is 0 Å². The lowest BCUT2D eigenvalue weighted by atomic mass is 10.2. The Morgan fingerprint density at radius 2 is 2.10 bits per heavy atom. The summed E-state index contributed by atoms with van der Waals surface area (Å²) in [6.45, 7) is 0. The molecule has 0 unspecified atom stereocenters. The maximum atomic E-state index is 11.4. The number of nitrogens with one attached hydrogen (secondary N) is 1. The Balaban J connectivity index is 2.17. The van der Waals surface area contributed by atoms with Crippen molar-refractivity contribution in [3.05, 3.63) is 30.7 Å². The van der Waals surface area contributed by atoms with Crippen LogP contribution >= 0.6 is 10.7 Å². The fourth-order valence-electron chi connectivity index (χ4n) is 1.87. The molecule has 0 saturated carbocycles. The van der Waals surface area contributed by atoms with Gasteiger partial charge in [-0.1, -0.05) is 0 Å². The smallest absolute Gasteiger partial charge is 0.261 e. The number of benzene rings is 1. The number of nitrogens with zero attached hydrogens (tertiary/aromatic N) is 3. The van der Waals surface area contributed by atoms with E-state index in [1.54, 1.807) is 12.3 Å². The molecule has 0 fully saturated rings. The average molecular weight is 325 g/mol. The van der Waals surface area contributed by atoms with Gasteiger partial charge in [0.2, 0.25) is 0 Å². The van der Waals surface area contributed by atoms with E-state index in [1.807, 2.05) is 0 Å². The van der Waals surface area contributed by atoms with Crippen LogP contribution in [0.25, 0.3) is 22.6 Å². The number of methoxy groups -OCH3 is 1. The summed E-state index contributed by atoms with van der Waals surface area (Å²) < 4.78 is 27.9. The van der Waals surface area contributed by atoms with Crippen LogP contribution in [-0.4, -0.2) is 35.5 Å². The summed E-state index contributed by atoms with van der Waals surface area (Å²) in [4.78, 5) is 15.4. The number of aromatic amines is 1. The van der Waals surface area contributed by atoms with Gasteiger partial charge in [0.25, 0.3) is 9.05 Å². The molecule has 1 N–H and O–H groups in total. The Kier molecular flexibility index (Phi) is 3.26. The number of hydrogen-bond donors (Lipinski definition) is 1. The molecular weight excluding hydrogens is 316 g/mol. The summed E-state index contributed by atoms with van der Waals surface area (Å²) in [7, 11) is 2.92. The van der Waals surface area contributed by atoms with Crippen LogP contribution in [0, 0.1) is 0 Å². The van der Waals surface area contributed by atoms with Gasteiger partial charge < -0.3 is 9.72 Å². The first-order valence-corrected chi connectivity index (χ1v) is 8.09. The van der Waals surface area contributed by atoms with Gasteiger partial charge >= 0.3 is 0 Å². The molecule has 2 aromatic heterocycles. The molecule has 0 radical (unpaired) electrons.